The lowest BCUT2D eigenvalue weighted by Gasteiger charge is -2.56. The number of carbonyl (C=O) groups excluding carboxylic acids is 2. The highest BCUT2D eigenvalue weighted by Gasteiger charge is 2.51. The van der Waals surface area contributed by atoms with E-state index in [-0.39, 0.29) is 23.5 Å². The first-order valence-corrected chi connectivity index (χ1v) is 10.8. The predicted molar refractivity (Wildman–Crippen MR) is 110 cm³/mol. The molecule has 0 heterocycles. The van der Waals surface area contributed by atoms with Gasteiger partial charge in [-0.3, -0.25) is 15.4 Å². The van der Waals surface area contributed by atoms with Gasteiger partial charge in [-0.25, -0.2) is 4.79 Å². The monoisotopic (exact) mass is 403 g/mol. The van der Waals surface area contributed by atoms with Gasteiger partial charge in [-0.2, -0.15) is 0 Å². The third-order valence-electron chi connectivity index (χ3n) is 6.92. The van der Waals surface area contributed by atoms with E-state index in [0.717, 1.165) is 42.6 Å². The van der Waals surface area contributed by atoms with Crippen molar-refractivity contribution in [3.8, 4) is 0 Å². The summed E-state index contributed by atoms with van der Waals surface area (Å²) in [4.78, 5) is 25.1. The second kappa shape index (κ2) is 7.68. The number of urea groups is 1. The van der Waals surface area contributed by atoms with Gasteiger partial charge in [0.1, 0.15) is 0 Å². The fourth-order valence-electron chi connectivity index (χ4n) is 6.05. The number of amides is 3. The van der Waals surface area contributed by atoms with Crippen molar-refractivity contribution >= 4 is 23.5 Å². The molecule has 2 atom stereocenters. The van der Waals surface area contributed by atoms with Crippen molar-refractivity contribution in [3.63, 3.8) is 0 Å². The average molecular weight is 404 g/mol. The van der Waals surface area contributed by atoms with Crippen LogP contribution in [0.5, 0.6) is 0 Å². The first kappa shape index (κ1) is 19.7. The molecular weight excluding hydrogens is 374 g/mol. The Labute approximate surface area is 172 Å². The predicted octanol–water partition coefficient (Wildman–Crippen LogP) is 4.17. The van der Waals surface area contributed by atoms with Crippen LogP contribution in [0.4, 0.5) is 4.79 Å². The van der Waals surface area contributed by atoms with Gasteiger partial charge in [0.05, 0.1) is 6.04 Å². The largest absolute Gasteiger partial charge is 0.332 e. The number of nitrogens with one attached hydrogen (secondary N) is 3. The van der Waals surface area contributed by atoms with Gasteiger partial charge in [-0.05, 0) is 87.8 Å². The molecular formula is C22H30ClN3O2. The zero-order chi connectivity index (χ0) is 19.9. The molecule has 0 unspecified atom stereocenters. The molecule has 0 spiro atoms. The first-order chi connectivity index (χ1) is 13.3. The van der Waals surface area contributed by atoms with E-state index in [4.69, 9.17) is 11.6 Å². The van der Waals surface area contributed by atoms with Crippen molar-refractivity contribution in [2.45, 2.75) is 70.0 Å². The van der Waals surface area contributed by atoms with Crippen LogP contribution < -0.4 is 16.0 Å². The van der Waals surface area contributed by atoms with Gasteiger partial charge in [0.25, 0.3) is 0 Å². The van der Waals surface area contributed by atoms with E-state index in [9.17, 15) is 9.59 Å². The SMILES string of the molecule is C[C@H](N[C@@H](C)c1ccc(Cl)cc1)C(=O)NC(=O)NC12CC3CC(CC(C3)C1)C2. The first-order valence-electron chi connectivity index (χ1n) is 10.5. The van der Waals surface area contributed by atoms with Crippen LogP contribution in [0.15, 0.2) is 24.3 Å². The normalized spacial score (nSPS) is 32.6. The molecule has 3 N–H and O–H groups in total. The topological polar surface area (TPSA) is 70.2 Å². The number of carbonyl (C=O) groups is 2. The molecule has 152 valence electrons. The number of imide groups is 1. The summed E-state index contributed by atoms with van der Waals surface area (Å²) < 4.78 is 0. The molecule has 4 aliphatic rings. The minimum atomic E-state index is -0.479. The van der Waals surface area contributed by atoms with Crippen LogP contribution in [0, 0.1) is 17.8 Å². The Morgan fingerprint density at radius 3 is 2.07 bits per heavy atom. The Kier molecular flexibility index (Phi) is 5.41. The van der Waals surface area contributed by atoms with Crippen LogP contribution >= 0.6 is 11.6 Å². The van der Waals surface area contributed by atoms with E-state index >= 15 is 0 Å². The fourth-order valence-corrected chi connectivity index (χ4v) is 6.18. The van der Waals surface area contributed by atoms with Crippen molar-refractivity contribution < 1.29 is 9.59 Å². The summed E-state index contributed by atoms with van der Waals surface area (Å²) in [6.07, 6.45) is 7.19. The molecule has 0 radical (unpaired) electrons. The van der Waals surface area contributed by atoms with Crippen molar-refractivity contribution in [1.29, 1.82) is 0 Å². The standard InChI is InChI=1S/C22H30ClN3O2/c1-13(18-3-5-19(23)6-4-18)24-14(2)20(27)25-21(28)26-22-10-15-7-16(11-22)9-17(8-15)12-22/h3-6,13-17,24H,7-12H2,1-2H3,(H2,25,26,27,28)/t13-,14-,15?,16?,17?,22?/m0/s1. The van der Waals surface area contributed by atoms with Crippen LogP contribution in [0.25, 0.3) is 0 Å². The third kappa shape index (κ3) is 4.20. The lowest BCUT2D eigenvalue weighted by molar-refractivity contribution is -0.121. The van der Waals surface area contributed by atoms with E-state index < -0.39 is 6.04 Å². The van der Waals surface area contributed by atoms with Crippen LogP contribution in [0.3, 0.4) is 0 Å². The highest BCUT2D eigenvalue weighted by molar-refractivity contribution is 6.30. The summed E-state index contributed by atoms with van der Waals surface area (Å²) in [5, 5.41) is 9.66. The molecule has 0 aliphatic heterocycles. The summed E-state index contributed by atoms with van der Waals surface area (Å²) >= 11 is 5.93. The minimum Gasteiger partial charge on any atom is -0.332 e. The summed E-state index contributed by atoms with van der Waals surface area (Å²) in [5.74, 6) is 1.96. The summed E-state index contributed by atoms with van der Waals surface area (Å²) in [6, 6.07) is 6.68. The van der Waals surface area contributed by atoms with E-state index in [2.05, 4.69) is 16.0 Å². The van der Waals surface area contributed by atoms with E-state index in [1.165, 1.54) is 19.3 Å². The summed E-state index contributed by atoms with van der Waals surface area (Å²) in [5.41, 5.74) is 0.953. The van der Waals surface area contributed by atoms with Gasteiger partial charge < -0.3 is 5.32 Å². The third-order valence-corrected chi connectivity index (χ3v) is 7.17. The van der Waals surface area contributed by atoms with Crippen LogP contribution in [-0.2, 0) is 4.79 Å². The maximum Gasteiger partial charge on any atom is 0.321 e. The average Bonchev–Trinajstić information content (AvgIpc) is 2.60. The van der Waals surface area contributed by atoms with Gasteiger partial charge in [0.2, 0.25) is 5.91 Å². The van der Waals surface area contributed by atoms with E-state index in [1.54, 1.807) is 6.92 Å². The van der Waals surface area contributed by atoms with Crippen LogP contribution in [-0.4, -0.2) is 23.5 Å². The fraction of sp³-hybridized carbons (Fsp3) is 0.636. The molecule has 1 aromatic carbocycles. The lowest BCUT2D eigenvalue weighted by Crippen LogP contribution is -2.62. The number of hydrogen-bond acceptors (Lipinski definition) is 3. The van der Waals surface area contributed by atoms with Gasteiger partial charge in [0, 0.05) is 16.6 Å². The Balaban J connectivity index is 1.29. The maximum atomic E-state index is 12.6. The van der Waals surface area contributed by atoms with Crippen molar-refractivity contribution in [2.24, 2.45) is 17.8 Å². The zero-order valence-corrected chi connectivity index (χ0v) is 17.4. The van der Waals surface area contributed by atoms with Crippen molar-refractivity contribution in [2.75, 3.05) is 0 Å². The molecule has 5 nitrogen and oxygen atoms in total. The second-order valence-corrected chi connectivity index (χ2v) is 9.74. The number of rotatable bonds is 5. The maximum absolute atomic E-state index is 12.6. The summed E-state index contributed by atoms with van der Waals surface area (Å²) in [6.45, 7) is 3.77. The van der Waals surface area contributed by atoms with Crippen LogP contribution in [0.2, 0.25) is 5.02 Å². The van der Waals surface area contributed by atoms with Gasteiger partial charge in [-0.1, -0.05) is 23.7 Å². The Bertz CT molecular complexity index is 713. The molecule has 3 amide bonds. The number of benzene rings is 1. The van der Waals surface area contributed by atoms with Gasteiger partial charge in [0.15, 0.2) is 0 Å². The molecule has 4 aliphatic carbocycles. The molecule has 0 saturated heterocycles. The highest BCUT2D eigenvalue weighted by Crippen LogP contribution is 2.55. The Hall–Kier alpha value is -1.59. The highest BCUT2D eigenvalue weighted by atomic mass is 35.5. The molecule has 4 fully saturated rings. The molecule has 0 aromatic heterocycles. The molecule has 4 bridgehead atoms. The summed E-state index contributed by atoms with van der Waals surface area (Å²) in [7, 11) is 0. The van der Waals surface area contributed by atoms with Gasteiger partial charge in [-0.15, -0.1) is 0 Å². The van der Waals surface area contributed by atoms with E-state index in [1.807, 2.05) is 31.2 Å². The lowest BCUT2D eigenvalue weighted by atomic mass is 9.53. The van der Waals surface area contributed by atoms with Crippen molar-refractivity contribution in [1.82, 2.24) is 16.0 Å². The van der Waals surface area contributed by atoms with E-state index in [0.29, 0.717) is 5.02 Å². The van der Waals surface area contributed by atoms with Gasteiger partial charge >= 0.3 is 6.03 Å². The zero-order valence-electron chi connectivity index (χ0n) is 16.6. The molecule has 28 heavy (non-hydrogen) atoms. The van der Waals surface area contributed by atoms with Crippen molar-refractivity contribution in [3.05, 3.63) is 34.9 Å². The molecule has 6 heteroatoms. The molecule has 4 saturated carbocycles. The Morgan fingerprint density at radius 2 is 1.54 bits per heavy atom. The van der Waals surface area contributed by atoms with Crippen LogP contribution in [0.1, 0.15) is 64.0 Å². The Morgan fingerprint density at radius 1 is 1.00 bits per heavy atom. The quantitative estimate of drug-likeness (QED) is 0.690. The minimum absolute atomic E-state index is 0.0239. The molecule has 1 aromatic rings. The number of hydrogen-bond donors (Lipinski definition) is 3. The smallest absolute Gasteiger partial charge is 0.321 e. The second-order valence-electron chi connectivity index (χ2n) is 9.30. The molecule has 5 rings (SSSR count). The number of halogens is 1.